The van der Waals surface area contributed by atoms with E-state index in [0.29, 0.717) is 17.7 Å². The Balaban J connectivity index is 1.96. The molecular formula is C24H22Cl2F6N2O3. The number of halogens is 8. The maximum Gasteiger partial charge on any atom is 0.416 e. The molecular weight excluding hydrogens is 549 g/mol. The highest BCUT2D eigenvalue weighted by Gasteiger charge is 2.41. The predicted molar refractivity (Wildman–Crippen MR) is 125 cm³/mol. The lowest BCUT2D eigenvalue weighted by Gasteiger charge is -2.24. The van der Waals surface area contributed by atoms with E-state index in [9.17, 15) is 35.9 Å². The molecule has 0 spiro atoms. The van der Waals surface area contributed by atoms with E-state index < -0.39 is 58.6 Å². The zero-order valence-corrected chi connectivity index (χ0v) is 21.2. The molecule has 5 nitrogen and oxygen atoms in total. The number of nitrogens with one attached hydrogen (secondary N) is 1. The van der Waals surface area contributed by atoms with Crippen LogP contribution in [0.5, 0.6) is 0 Å². The Hall–Kier alpha value is -2.66. The highest BCUT2D eigenvalue weighted by molar-refractivity contribution is 6.42. The standard InChI is InChI=1S/C24H22Cl2F6N2O3/c1-22(2,3)37-21(36)34-10-16(12-4-5-17(25)18(26)8-12)19(11-34)33-20(35)13-6-14(23(27,28)29)9-15(7-13)24(30,31)32/h4-9,16,19H,10-11H2,1-3H3,(H,33,35). The van der Waals surface area contributed by atoms with Crippen LogP contribution in [0.4, 0.5) is 31.1 Å². The normalized spacial score (nSPS) is 18.6. The summed E-state index contributed by atoms with van der Waals surface area (Å²) in [5.41, 5.74) is -4.34. The van der Waals surface area contributed by atoms with Crippen LogP contribution in [0.2, 0.25) is 10.0 Å². The molecule has 2 aromatic rings. The predicted octanol–water partition coefficient (Wildman–Crippen LogP) is 7.16. The van der Waals surface area contributed by atoms with Gasteiger partial charge in [0.1, 0.15) is 5.60 Å². The Labute approximate surface area is 218 Å². The molecule has 13 heteroatoms. The second-order valence-corrected chi connectivity index (χ2v) is 10.4. The number of alkyl halides is 6. The lowest BCUT2D eigenvalue weighted by Crippen LogP contribution is -2.41. The van der Waals surface area contributed by atoms with Gasteiger partial charge in [0.2, 0.25) is 0 Å². The van der Waals surface area contributed by atoms with Gasteiger partial charge in [-0.25, -0.2) is 4.79 Å². The number of carbonyl (C=O) groups excluding carboxylic acids is 2. The fourth-order valence-corrected chi connectivity index (χ4v) is 4.15. The molecule has 0 saturated carbocycles. The Morgan fingerprint density at radius 2 is 1.46 bits per heavy atom. The number of rotatable bonds is 3. The van der Waals surface area contributed by atoms with Crippen LogP contribution in [-0.2, 0) is 17.1 Å². The van der Waals surface area contributed by atoms with E-state index in [2.05, 4.69) is 5.32 Å². The highest BCUT2D eigenvalue weighted by atomic mass is 35.5. The first kappa shape index (κ1) is 28.9. The van der Waals surface area contributed by atoms with Crippen molar-refractivity contribution in [2.75, 3.05) is 13.1 Å². The third kappa shape index (κ3) is 7.22. The monoisotopic (exact) mass is 570 g/mol. The minimum Gasteiger partial charge on any atom is -0.444 e. The first-order valence-electron chi connectivity index (χ1n) is 10.9. The summed E-state index contributed by atoms with van der Waals surface area (Å²) in [5, 5.41) is 2.92. The van der Waals surface area contributed by atoms with Crippen molar-refractivity contribution >= 4 is 35.2 Å². The molecule has 0 aromatic heterocycles. The van der Waals surface area contributed by atoms with E-state index in [-0.39, 0.29) is 29.2 Å². The number of benzene rings is 2. The van der Waals surface area contributed by atoms with Crippen LogP contribution in [0.15, 0.2) is 36.4 Å². The van der Waals surface area contributed by atoms with Crippen LogP contribution in [-0.4, -0.2) is 41.6 Å². The smallest absolute Gasteiger partial charge is 0.416 e. The van der Waals surface area contributed by atoms with Crippen LogP contribution in [0, 0.1) is 0 Å². The molecule has 1 saturated heterocycles. The summed E-state index contributed by atoms with van der Waals surface area (Å²) >= 11 is 12.1. The number of hydrogen-bond acceptors (Lipinski definition) is 3. The van der Waals surface area contributed by atoms with E-state index in [1.54, 1.807) is 26.8 Å². The van der Waals surface area contributed by atoms with Crippen LogP contribution in [0.1, 0.15) is 53.7 Å². The number of ether oxygens (including phenoxy) is 1. The lowest BCUT2D eigenvalue weighted by atomic mass is 9.94. The van der Waals surface area contributed by atoms with Gasteiger partial charge in [0.25, 0.3) is 5.91 Å². The van der Waals surface area contributed by atoms with Crippen LogP contribution in [0.25, 0.3) is 0 Å². The van der Waals surface area contributed by atoms with Crippen molar-refractivity contribution in [3.63, 3.8) is 0 Å². The third-order valence-corrected chi connectivity index (χ3v) is 6.25. The SMILES string of the molecule is CC(C)(C)OC(=O)N1CC(NC(=O)c2cc(C(F)(F)F)cc(C(F)(F)F)c2)C(c2ccc(Cl)c(Cl)c2)C1. The zero-order valence-electron chi connectivity index (χ0n) is 19.7. The molecule has 37 heavy (non-hydrogen) atoms. The van der Waals surface area contributed by atoms with E-state index in [1.165, 1.54) is 17.0 Å². The maximum atomic E-state index is 13.3. The average molecular weight is 571 g/mol. The van der Waals surface area contributed by atoms with E-state index in [4.69, 9.17) is 27.9 Å². The second kappa shape index (κ2) is 10.2. The van der Waals surface area contributed by atoms with Crippen molar-refractivity contribution in [1.82, 2.24) is 10.2 Å². The molecule has 2 atom stereocenters. The van der Waals surface area contributed by atoms with Gasteiger partial charge in [0.15, 0.2) is 0 Å². The average Bonchev–Trinajstić information content (AvgIpc) is 3.17. The molecule has 1 aliphatic rings. The van der Waals surface area contributed by atoms with Gasteiger partial charge in [0.05, 0.1) is 27.2 Å². The summed E-state index contributed by atoms with van der Waals surface area (Å²) in [6, 6.07) is 4.35. The number of hydrogen-bond donors (Lipinski definition) is 1. The Bertz CT molecular complexity index is 1160. The van der Waals surface area contributed by atoms with Crippen molar-refractivity contribution in [2.45, 2.75) is 50.7 Å². The number of likely N-dealkylation sites (tertiary alicyclic amines) is 1. The lowest BCUT2D eigenvalue weighted by molar-refractivity contribution is -0.143. The minimum absolute atomic E-state index is 0.0359. The molecule has 2 amide bonds. The number of amides is 2. The van der Waals surface area contributed by atoms with Crippen molar-refractivity contribution in [3.8, 4) is 0 Å². The zero-order chi connectivity index (χ0) is 27.9. The minimum atomic E-state index is -5.11. The Kier molecular flexibility index (Phi) is 8.00. The van der Waals surface area contributed by atoms with Gasteiger partial charge < -0.3 is 15.0 Å². The van der Waals surface area contributed by atoms with Crippen LogP contribution >= 0.6 is 23.2 Å². The summed E-state index contributed by atoms with van der Waals surface area (Å²) in [7, 11) is 0. The van der Waals surface area contributed by atoms with Gasteiger partial charge in [-0.2, -0.15) is 26.3 Å². The first-order chi connectivity index (χ1) is 16.8. The summed E-state index contributed by atoms with van der Waals surface area (Å²) < 4.78 is 84.9. The van der Waals surface area contributed by atoms with Gasteiger partial charge in [-0.3, -0.25) is 4.79 Å². The largest absolute Gasteiger partial charge is 0.444 e. The van der Waals surface area contributed by atoms with Gasteiger partial charge >= 0.3 is 18.4 Å². The summed E-state index contributed by atoms with van der Waals surface area (Å²) in [4.78, 5) is 26.9. The van der Waals surface area contributed by atoms with Crippen LogP contribution in [0.3, 0.4) is 0 Å². The molecule has 2 unspecified atom stereocenters. The van der Waals surface area contributed by atoms with E-state index >= 15 is 0 Å². The Morgan fingerprint density at radius 3 is 1.95 bits per heavy atom. The molecule has 3 rings (SSSR count). The molecule has 1 fully saturated rings. The van der Waals surface area contributed by atoms with Crippen molar-refractivity contribution in [2.24, 2.45) is 0 Å². The Morgan fingerprint density at radius 1 is 0.892 bits per heavy atom. The van der Waals surface area contributed by atoms with E-state index in [0.717, 1.165) is 0 Å². The first-order valence-corrected chi connectivity index (χ1v) is 11.6. The number of carbonyl (C=O) groups is 2. The van der Waals surface area contributed by atoms with Gasteiger partial charge in [-0.15, -0.1) is 0 Å². The molecule has 0 radical (unpaired) electrons. The topological polar surface area (TPSA) is 58.6 Å². The summed E-state index contributed by atoms with van der Waals surface area (Å²) in [5.74, 6) is -1.78. The van der Waals surface area contributed by atoms with Gasteiger partial charge in [-0.05, 0) is 56.7 Å². The number of nitrogens with zero attached hydrogens (tertiary/aromatic N) is 1. The molecule has 1 N–H and O–H groups in total. The highest BCUT2D eigenvalue weighted by Crippen LogP contribution is 2.37. The molecule has 2 aromatic carbocycles. The third-order valence-electron chi connectivity index (χ3n) is 5.51. The fraction of sp³-hybridized carbons (Fsp3) is 0.417. The molecule has 202 valence electrons. The molecule has 0 aliphatic carbocycles. The van der Waals surface area contributed by atoms with E-state index in [1.807, 2.05) is 0 Å². The summed E-state index contributed by atoms with van der Waals surface area (Å²) in [6.07, 6.45) is -10.9. The fourth-order valence-electron chi connectivity index (χ4n) is 3.84. The molecule has 0 bridgehead atoms. The molecule has 1 heterocycles. The van der Waals surface area contributed by atoms with Crippen LogP contribution < -0.4 is 5.32 Å². The van der Waals surface area contributed by atoms with Gasteiger partial charge in [-0.1, -0.05) is 29.3 Å². The van der Waals surface area contributed by atoms with Gasteiger partial charge in [0, 0.05) is 24.6 Å². The maximum absolute atomic E-state index is 13.3. The van der Waals surface area contributed by atoms with Crippen molar-refractivity contribution < 1.29 is 40.7 Å². The quantitative estimate of drug-likeness (QED) is 0.398. The van der Waals surface area contributed by atoms with Crippen molar-refractivity contribution in [1.29, 1.82) is 0 Å². The second-order valence-electron chi connectivity index (χ2n) is 9.54. The molecule has 1 aliphatic heterocycles. The van der Waals surface area contributed by atoms with Crippen molar-refractivity contribution in [3.05, 3.63) is 68.7 Å². The summed E-state index contributed by atoms with van der Waals surface area (Å²) in [6.45, 7) is 4.89.